The number of anilines is 1. The van der Waals surface area contributed by atoms with Crippen molar-refractivity contribution < 1.29 is 9.53 Å². The molecule has 6 nitrogen and oxygen atoms in total. The van der Waals surface area contributed by atoms with Gasteiger partial charge in [0.2, 0.25) is 0 Å². The predicted molar refractivity (Wildman–Crippen MR) is 134 cm³/mol. The molecule has 32 heavy (non-hydrogen) atoms. The Balaban J connectivity index is 1.51. The summed E-state index contributed by atoms with van der Waals surface area (Å²) in [6.07, 6.45) is 1.67. The summed E-state index contributed by atoms with van der Waals surface area (Å²) in [4.78, 5) is 24.5. The van der Waals surface area contributed by atoms with Crippen molar-refractivity contribution in [3.8, 4) is 0 Å². The standard InChI is InChI=1S/C24H32N4O2SSi/c1-24(2)13-19-20(21(29)27-24)31-23(26-19)28-10-11-30-14-15(28)12-17-16-8-6-7-9-18(16)25-22(17)32(3,4)5/h6-9,15,25H,10-14H2,1-5H3,(H,27,29)/t15-/m0/s1. The molecule has 1 saturated heterocycles. The number of nitrogens with one attached hydrogen (secondary N) is 2. The lowest BCUT2D eigenvalue weighted by atomic mass is 9.94. The maximum Gasteiger partial charge on any atom is 0.263 e. The Hall–Kier alpha value is -2.16. The first-order valence-electron chi connectivity index (χ1n) is 11.4. The normalized spacial score (nSPS) is 21.0. The van der Waals surface area contributed by atoms with Gasteiger partial charge in [-0.15, -0.1) is 0 Å². The van der Waals surface area contributed by atoms with E-state index in [0.717, 1.165) is 35.1 Å². The fourth-order valence-electron chi connectivity index (χ4n) is 4.95. The van der Waals surface area contributed by atoms with Gasteiger partial charge in [-0.2, -0.15) is 0 Å². The van der Waals surface area contributed by atoms with Crippen LogP contribution in [0.3, 0.4) is 0 Å². The quantitative estimate of drug-likeness (QED) is 0.573. The summed E-state index contributed by atoms with van der Waals surface area (Å²) in [6.45, 7) is 13.5. The van der Waals surface area contributed by atoms with Gasteiger partial charge in [0.05, 0.1) is 33.0 Å². The molecule has 0 bridgehead atoms. The van der Waals surface area contributed by atoms with Crippen LogP contribution in [0, 0.1) is 0 Å². The van der Waals surface area contributed by atoms with Crippen LogP contribution in [0.15, 0.2) is 24.3 Å². The number of aromatic nitrogens is 2. The molecule has 0 saturated carbocycles. The van der Waals surface area contributed by atoms with Gasteiger partial charge in [0, 0.05) is 34.7 Å². The van der Waals surface area contributed by atoms with E-state index in [1.807, 2.05) is 0 Å². The molecule has 8 heteroatoms. The van der Waals surface area contributed by atoms with Gasteiger partial charge < -0.3 is 19.9 Å². The molecule has 4 heterocycles. The fraction of sp³-hybridized carbons (Fsp3) is 0.500. The lowest BCUT2D eigenvalue weighted by Gasteiger charge is -2.36. The smallest absolute Gasteiger partial charge is 0.263 e. The Kier molecular flexibility index (Phi) is 5.22. The molecule has 3 aromatic rings. The van der Waals surface area contributed by atoms with E-state index in [1.165, 1.54) is 33.1 Å². The lowest BCUT2D eigenvalue weighted by molar-refractivity contribution is 0.0900. The zero-order valence-corrected chi connectivity index (χ0v) is 21.4. The van der Waals surface area contributed by atoms with Gasteiger partial charge in [-0.1, -0.05) is 49.2 Å². The van der Waals surface area contributed by atoms with E-state index in [0.29, 0.717) is 13.2 Å². The topological polar surface area (TPSA) is 70.2 Å². The van der Waals surface area contributed by atoms with Crippen molar-refractivity contribution in [2.75, 3.05) is 24.7 Å². The molecule has 1 amide bonds. The minimum atomic E-state index is -1.56. The number of carbonyl (C=O) groups is 1. The second-order valence-corrected chi connectivity index (χ2v) is 16.7. The molecule has 2 aliphatic rings. The number of H-pyrrole nitrogens is 1. The number of thiazole rings is 1. The maximum absolute atomic E-state index is 12.7. The van der Waals surface area contributed by atoms with E-state index in [-0.39, 0.29) is 17.5 Å². The molecule has 0 spiro atoms. The van der Waals surface area contributed by atoms with Crippen molar-refractivity contribution in [3.05, 3.63) is 40.4 Å². The largest absolute Gasteiger partial charge is 0.377 e. The molecule has 5 rings (SSSR count). The molecule has 1 fully saturated rings. The number of benzene rings is 1. The number of aromatic amines is 1. The molecule has 2 aromatic heterocycles. The van der Waals surface area contributed by atoms with Gasteiger partial charge in [0.15, 0.2) is 5.13 Å². The summed E-state index contributed by atoms with van der Waals surface area (Å²) >= 11 is 1.53. The second kappa shape index (κ2) is 7.71. The van der Waals surface area contributed by atoms with E-state index in [9.17, 15) is 4.79 Å². The number of para-hydroxylation sites is 1. The van der Waals surface area contributed by atoms with E-state index in [4.69, 9.17) is 9.72 Å². The van der Waals surface area contributed by atoms with E-state index in [1.54, 1.807) is 0 Å². The third-order valence-corrected chi connectivity index (χ3v) is 9.49. The number of nitrogens with zero attached hydrogens (tertiary/aromatic N) is 2. The number of ether oxygens (including phenoxy) is 1. The zero-order valence-electron chi connectivity index (χ0n) is 19.5. The fourth-order valence-corrected chi connectivity index (χ4v) is 7.68. The third-order valence-electron chi connectivity index (χ3n) is 6.43. The number of morpholine rings is 1. The first-order chi connectivity index (χ1) is 15.1. The summed E-state index contributed by atoms with van der Waals surface area (Å²) < 4.78 is 5.93. The Labute approximate surface area is 194 Å². The molecule has 1 atom stereocenters. The Bertz CT molecular complexity index is 1180. The summed E-state index contributed by atoms with van der Waals surface area (Å²) in [5.74, 6) is 0.00227. The second-order valence-electron chi connectivity index (χ2n) is 10.7. The number of fused-ring (bicyclic) bond motifs is 2. The van der Waals surface area contributed by atoms with Gasteiger partial charge in [-0.3, -0.25) is 4.79 Å². The molecule has 170 valence electrons. The molecule has 2 N–H and O–H groups in total. The SMILES string of the molecule is CC1(C)Cc2nc(N3CCOC[C@@H]3Cc3c([Si](C)(C)C)[nH]c4ccccc34)sc2C(=O)N1. The van der Waals surface area contributed by atoms with Crippen molar-refractivity contribution in [1.82, 2.24) is 15.3 Å². The summed E-state index contributed by atoms with van der Waals surface area (Å²) in [6, 6.07) is 8.82. The first kappa shape index (κ1) is 21.7. The molecule has 0 radical (unpaired) electrons. The Morgan fingerprint density at radius 3 is 2.84 bits per heavy atom. The van der Waals surface area contributed by atoms with Crippen LogP contribution in [0.1, 0.15) is 34.8 Å². The van der Waals surface area contributed by atoms with Crippen LogP contribution in [-0.2, 0) is 17.6 Å². The molecule has 2 aliphatic heterocycles. The van der Waals surface area contributed by atoms with Crippen LogP contribution in [0.4, 0.5) is 5.13 Å². The van der Waals surface area contributed by atoms with Gasteiger partial charge in [-0.25, -0.2) is 4.98 Å². The van der Waals surface area contributed by atoms with Crippen molar-refractivity contribution in [2.45, 2.75) is 57.9 Å². The highest BCUT2D eigenvalue weighted by Gasteiger charge is 2.36. The number of rotatable bonds is 4. The van der Waals surface area contributed by atoms with Gasteiger partial charge >= 0.3 is 0 Å². The molecule has 0 aliphatic carbocycles. The highest BCUT2D eigenvalue weighted by atomic mass is 32.1. The summed E-state index contributed by atoms with van der Waals surface area (Å²) in [5, 5.41) is 6.79. The van der Waals surface area contributed by atoms with Gasteiger partial charge in [0.1, 0.15) is 4.88 Å². The number of carbonyl (C=O) groups excluding carboxylic acids is 1. The lowest BCUT2D eigenvalue weighted by Crippen LogP contribution is -2.49. The monoisotopic (exact) mass is 468 g/mol. The highest BCUT2D eigenvalue weighted by molar-refractivity contribution is 7.17. The van der Waals surface area contributed by atoms with Crippen LogP contribution in [0.25, 0.3) is 10.9 Å². The van der Waals surface area contributed by atoms with Crippen LogP contribution < -0.4 is 15.5 Å². The van der Waals surface area contributed by atoms with E-state index in [2.05, 4.69) is 73.0 Å². The van der Waals surface area contributed by atoms with Crippen molar-refractivity contribution in [1.29, 1.82) is 0 Å². The van der Waals surface area contributed by atoms with Crippen LogP contribution in [-0.4, -0.2) is 55.3 Å². The van der Waals surface area contributed by atoms with Crippen LogP contribution in [0.2, 0.25) is 19.6 Å². The zero-order chi connectivity index (χ0) is 22.7. The van der Waals surface area contributed by atoms with E-state index >= 15 is 0 Å². The maximum atomic E-state index is 12.7. The summed E-state index contributed by atoms with van der Waals surface area (Å²) in [5.41, 5.74) is 3.31. The van der Waals surface area contributed by atoms with Crippen molar-refractivity contribution in [3.63, 3.8) is 0 Å². The van der Waals surface area contributed by atoms with Gasteiger partial charge in [0.25, 0.3) is 5.91 Å². The first-order valence-corrected chi connectivity index (χ1v) is 15.7. The number of hydrogen-bond acceptors (Lipinski definition) is 5. The number of amides is 1. The Morgan fingerprint density at radius 2 is 2.06 bits per heavy atom. The molecule has 0 unspecified atom stereocenters. The minimum Gasteiger partial charge on any atom is -0.377 e. The predicted octanol–water partition coefficient (Wildman–Crippen LogP) is 3.68. The Morgan fingerprint density at radius 1 is 1.28 bits per heavy atom. The molecule has 1 aromatic carbocycles. The van der Waals surface area contributed by atoms with Crippen molar-refractivity contribution >= 4 is 46.7 Å². The average molecular weight is 469 g/mol. The number of hydrogen-bond donors (Lipinski definition) is 2. The van der Waals surface area contributed by atoms with Gasteiger partial charge in [-0.05, 0) is 31.9 Å². The van der Waals surface area contributed by atoms with Crippen molar-refractivity contribution in [2.24, 2.45) is 0 Å². The van der Waals surface area contributed by atoms with E-state index < -0.39 is 8.07 Å². The summed E-state index contributed by atoms with van der Waals surface area (Å²) in [7, 11) is -1.56. The highest BCUT2D eigenvalue weighted by Crippen LogP contribution is 2.34. The van der Waals surface area contributed by atoms with Crippen LogP contribution >= 0.6 is 11.3 Å². The minimum absolute atomic E-state index is 0.00227. The van der Waals surface area contributed by atoms with Crippen LogP contribution in [0.5, 0.6) is 0 Å². The molecular formula is C24H32N4O2SSi. The molecular weight excluding hydrogens is 436 g/mol. The third kappa shape index (κ3) is 3.88. The average Bonchev–Trinajstić information content (AvgIpc) is 3.29.